The summed E-state index contributed by atoms with van der Waals surface area (Å²) in [6.45, 7) is 21.1. The van der Waals surface area contributed by atoms with Gasteiger partial charge in [-0.1, -0.05) is 67.5 Å². The van der Waals surface area contributed by atoms with Gasteiger partial charge in [0.2, 0.25) is 0 Å². The fraction of sp³-hybridized carbons (Fsp3) is 0.933. The summed E-state index contributed by atoms with van der Waals surface area (Å²) >= 11 is 0. The molecule has 170 valence electrons. The molecule has 4 fully saturated rings. The quantitative estimate of drug-likeness (QED) is 0.378. The van der Waals surface area contributed by atoms with E-state index < -0.39 is 0 Å². The molecular weight excluding hydrogens is 360 g/mol. The maximum atomic E-state index is 2.80. The second-order valence-corrected chi connectivity index (χ2v) is 14.7. The van der Waals surface area contributed by atoms with Crippen LogP contribution in [0.25, 0.3) is 0 Å². The molecule has 0 saturated heterocycles. The van der Waals surface area contributed by atoms with Crippen LogP contribution in [-0.2, 0) is 0 Å². The summed E-state index contributed by atoms with van der Waals surface area (Å²) < 4.78 is 0. The number of fused-ring (bicyclic) bond motifs is 7. The number of rotatable bonds is 1. The van der Waals surface area contributed by atoms with Gasteiger partial charge < -0.3 is 0 Å². The SMILES string of the molecule is CC(C)[C@@H]1CC[C@]2(C)CC[C@]3(C)[C@H](CC[C@@H]4[C@@]5(C)CC=CC(C)(C)[C@@H]5CC[C@]43C)[C@@H]12. The van der Waals surface area contributed by atoms with Crippen molar-refractivity contribution < 1.29 is 0 Å². The molecule has 0 heterocycles. The van der Waals surface area contributed by atoms with Crippen LogP contribution < -0.4 is 0 Å². The fourth-order valence-corrected chi connectivity index (χ4v) is 11.4. The van der Waals surface area contributed by atoms with E-state index in [1.807, 2.05) is 0 Å². The summed E-state index contributed by atoms with van der Waals surface area (Å²) in [7, 11) is 0. The predicted octanol–water partition coefficient (Wildman–Crippen LogP) is 8.91. The first-order chi connectivity index (χ1) is 13.9. The molecule has 5 aliphatic carbocycles. The van der Waals surface area contributed by atoms with E-state index in [0.29, 0.717) is 27.1 Å². The van der Waals surface area contributed by atoms with Gasteiger partial charge in [0, 0.05) is 0 Å². The predicted molar refractivity (Wildman–Crippen MR) is 129 cm³/mol. The summed E-state index contributed by atoms with van der Waals surface area (Å²) in [5.74, 6) is 5.59. The topological polar surface area (TPSA) is 0 Å². The Morgan fingerprint density at radius 2 is 1.47 bits per heavy atom. The largest absolute Gasteiger partial charge is 0.0874 e. The Labute approximate surface area is 188 Å². The van der Waals surface area contributed by atoms with E-state index in [0.717, 1.165) is 35.5 Å². The third kappa shape index (κ3) is 2.52. The number of allylic oxidation sites excluding steroid dienone is 2. The Morgan fingerprint density at radius 3 is 2.17 bits per heavy atom. The van der Waals surface area contributed by atoms with Gasteiger partial charge in [-0.3, -0.25) is 0 Å². The van der Waals surface area contributed by atoms with Crippen molar-refractivity contribution in [1.82, 2.24) is 0 Å². The maximum Gasteiger partial charge on any atom is -0.0141 e. The molecule has 0 unspecified atom stereocenters. The molecular formula is C30H50. The molecule has 5 rings (SSSR count). The summed E-state index contributed by atoms with van der Waals surface area (Å²) in [5.41, 5.74) is 2.61. The fourth-order valence-electron chi connectivity index (χ4n) is 11.4. The van der Waals surface area contributed by atoms with E-state index >= 15 is 0 Å². The standard InChI is InChI=1S/C30H50/c1-20(2)21-12-16-27(5)18-19-29(7)22(25(21)27)10-11-24-28(6)15-9-14-26(3,4)23(28)13-17-30(24,29)8/h9,14,20-25H,10-13,15-19H2,1-8H3/t21-,22+,23-,24+,25+,27+,28-,29+,30+/m0/s1. The Balaban J connectivity index is 1.55. The summed E-state index contributed by atoms with van der Waals surface area (Å²) in [6.07, 6.45) is 18.4. The van der Waals surface area contributed by atoms with Crippen LogP contribution in [0.2, 0.25) is 0 Å². The monoisotopic (exact) mass is 410 g/mol. The molecule has 9 atom stereocenters. The molecule has 0 heteroatoms. The van der Waals surface area contributed by atoms with Gasteiger partial charge in [0.1, 0.15) is 0 Å². The van der Waals surface area contributed by atoms with Crippen molar-refractivity contribution in [3.05, 3.63) is 12.2 Å². The van der Waals surface area contributed by atoms with E-state index in [9.17, 15) is 0 Å². The lowest BCUT2D eigenvalue weighted by Gasteiger charge is -2.72. The summed E-state index contributed by atoms with van der Waals surface area (Å²) in [6, 6.07) is 0. The molecule has 0 aromatic rings. The van der Waals surface area contributed by atoms with Crippen molar-refractivity contribution in [2.75, 3.05) is 0 Å². The van der Waals surface area contributed by atoms with Crippen LogP contribution in [0.1, 0.15) is 113 Å². The zero-order valence-corrected chi connectivity index (χ0v) is 21.5. The van der Waals surface area contributed by atoms with E-state index in [-0.39, 0.29) is 0 Å². The normalized spacial score (nSPS) is 56.8. The van der Waals surface area contributed by atoms with E-state index in [1.165, 1.54) is 57.8 Å². The van der Waals surface area contributed by atoms with Crippen LogP contribution in [0.15, 0.2) is 12.2 Å². The van der Waals surface area contributed by atoms with Crippen LogP contribution >= 0.6 is 0 Å². The molecule has 4 saturated carbocycles. The van der Waals surface area contributed by atoms with Gasteiger partial charge in [-0.05, 0) is 120 Å². The first-order valence-electron chi connectivity index (χ1n) is 13.6. The van der Waals surface area contributed by atoms with Crippen molar-refractivity contribution in [2.45, 2.75) is 113 Å². The Hall–Kier alpha value is -0.260. The van der Waals surface area contributed by atoms with Gasteiger partial charge in [0.25, 0.3) is 0 Å². The minimum absolute atomic E-state index is 0.380. The zero-order valence-electron chi connectivity index (χ0n) is 21.5. The van der Waals surface area contributed by atoms with Crippen LogP contribution in [0.5, 0.6) is 0 Å². The van der Waals surface area contributed by atoms with E-state index in [1.54, 1.807) is 0 Å². The van der Waals surface area contributed by atoms with Gasteiger partial charge in [-0.25, -0.2) is 0 Å². The lowest BCUT2D eigenvalue weighted by atomic mass is 9.33. The highest BCUT2D eigenvalue weighted by Gasteiger charge is 2.69. The van der Waals surface area contributed by atoms with Gasteiger partial charge >= 0.3 is 0 Å². The van der Waals surface area contributed by atoms with Crippen LogP contribution in [0.4, 0.5) is 0 Å². The number of hydrogen-bond donors (Lipinski definition) is 0. The molecule has 0 aliphatic heterocycles. The summed E-state index contributed by atoms with van der Waals surface area (Å²) in [5, 5.41) is 0. The van der Waals surface area contributed by atoms with Crippen molar-refractivity contribution in [3.63, 3.8) is 0 Å². The molecule has 0 aromatic heterocycles. The first-order valence-corrected chi connectivity index (χ1v) is 13.6. The van der Waals surface area contributed by atoms with Crippen LogP contribution in [-0.4, -0.2) is 0 Å². The van der Waals surface area contributed by atoms with Crippen molar-refractivity contribution in [3.8, 4) is 0 Å². The molecule has 5 aliphatic rings. The molecule has 0 radical (unpaired) electrons. The maximum absolute atomic E-state index is 2.80. The zero-order chi connectivity index (χ0) is 21.7. The van der Waals surface area contributed by atoms with E-state index in [4.69, 9.17) is 0 Å². The second-order valence-electron chi connectivity index (χ2n) is 14.7. The van der Waals surface area contributed by atoms with Crippen molar-refractivity contribution in [2.24, 2.45) is 62.6 Å². The van der Waals surface area contributed by atoms with Crippen molar-refractivity contribution >= 4 is 0 Å². The lowest BCUT2D eigenvalue weighted by Crippen LogP contribution is -2.65. The molecule has 30 heavy (non-hydrogen) atoms. The molecule has 0 aromatic carbocycles. The number of hydrogen-bond acceptors (Lipinski definition) is 0. The Kier molecular flexibility index (Phi) is 4.61. The lowest BCUT2D eigenvalue weighted by molar-refractivity contribution is -0.226. The second kappa shape index (κ2) is 6.41. The molecule has 0 spiro atoms. The highest BCUT2D eigenvalue weighted by Crippen LogP contribution is 2.77. The van der Waals surface area contributed by atoms with E-state index in [2.05, 4.69) is 67.5 Å². The van der Waals surface area contributed by atoms with Crippen molar-refractivity contribution in [1.29, 1.82) is 0 Å². The van der Waals surface area contributed by atoms with Gasteiger partial charge in [-0.2, -0.15) is 0 Å². The molecule has 0 N–H and O–H groups in total. The van der Waals surface area contributed by atoms with Crippen LogP contribution in [0.3, 0.4) is 0 Å². The summed E-state index contributed by atoms with van der Waals surface area (Å²) in [4.78, 5) is 0. The van der Waals surface area contributed by atoms with Gasteiger partial charge in [0.15, 0.2) is 0 Å². The third-order valence-electron chi connectivity index (χ3n) is 13.0. The minimum atomic E-state index is 0.380. The minimum Gasteiger partial charge on any atom is -0.0874 e. The molecule has 0 amide bonds. The third-order valence-corrected chi connectivity index (χ3v) is 13.0. The van der Waals surface area contributed by atoms with Gasteiger partial charge in [0.05, 0.1) is 0 Å². The van der Waals surface area contributed by atoms with Gasteiger partial charge in [-0.15, -0.1) is 0 Å². The highest BCUT2D eigenvalue weighted by molar-refractivity contribution is 5.21. The Bertz CT molecular complexity index is 728. The average Bonchev–Trinajstić information content (AvgIpc) is 2.99. The molecule has 0 bridgehead atoms. The average molecular weight is 411 g/mol. The Morgan fingerprint density at radius 1 is 0.733 bits per heavy atom. The molecule has 0 nitrogen and oxygen atoms in total. The highest BCUT2D eigenvalue weighted by atomic mass is 14.7. The first kappa shape index (κ1) is 21.6. The van der Waals surface area contributed by atoms with Crippen LogP contribution in [0, 0.1) is 62.6 Å². The smallest absolute Gasteiger partial charge is 0.0141 e.